The van der Waals surface area contributed by atoms with E-state index in [0.29, 0.717) is 11.8 Å². The Labute approximate surface area is 160 Å². The van der Waals surface area contributed by atoms with E-state index in [1.54, 1.807) is 0 Å². The molecular weight excluding hydrogens is 390 g/mol. The van der Waals surface area contributed by atoms with Crippen molar-refractivity contribution < 1.29 is 63.4 Å². The molecule has 0 N–H and O–H groups in total. The zero-order chi connectivity index (χ0) is 11.9. The Bertz CT molecular complexity index is 516. The average molecular weight is 411 g/mol. The van der Waals surface area contributed by atoms with Gasteiger partial charge in [0.1, 0.15) is 0 Å². The van der Waals surface area contributed by atoms with Crippen molar-refractivity contribution in [2.45, 2.75) is 46.5 Å². The Morgan fingerprint density at radius 3 is 1.85 bits per heavy atom. The van der Waals surface area contributed by atoms with E-state index < -0.39 is 0 Å². The molecule has 0 amide bonds. The van der Waals surface area contributed by atoms with Gasteiger partial charge in [0, 0.05) is 0 Å². The molecular formula is C16H21Cl3Zr. The van der Waals surface area contributed by atoms with Crippen molar-refractivity contribution >= 4 is 10.8 Å². The van der Waals surface area contributed by atoms with Crippen molar-refractivity contribution in [1.29, 1.82) is 0 Å². The molecule has 0 aromatic heterocycles. The van der Waals surface area contributed by atoms with Crippen LogP contribution >= 0.6 is 0 Å². The van der Waals surface area contributed by atoms with Crippen LogP contribution in [0.4, 0.5) is 0 Å². The third kappa shape index (κ3) is 5.41. The van der Waals surface area contributed by atoms with Crippen molar-refractivity contribution in [1.82, 2.24) is 0 Å². The van der Waals surface area contributed by atoms with Gasteiger partial charge < -0.3 is 37.2 Å². The minimum atomic E-state index is 0. The first-order chi connectivity index (χ1) is 7.49. The van der Waals surface area contributed by atoms with E-state index >= 15 is 0 Å². The zero-order valence-electron chi connectivity index (χ0n) is 12.6. The van der Waals surface area contributed by atoms with Gasteiger partial charge in [0.2, 0.25) is 0 Å². The summed E-state index contributed by atoms with van der Waals surface area (Å²) in [4.78, 5) is 0. The number of aryl methyl sites for hydroxylation is 1. The van der Waals surface area contributed by atoms with Gasteiger partial charge in [0.25, 0.3) is 0 Å². The number of hydrogen-bond donors (Lipinski definition) is 0. The number of benzene rings is 1. The van der Waals surface area contributed by atoms with Crippen molar-refractivity contribution in [3.63, 3.8) is 0 Å². The van der Waals surface area contributed by atoms with Gasteiger partial charge in [0.15, 0.2) is 0 Å². The van der Waals surface area contributed by atoms with Crippen molar-refractivity contribution in [3.05, 3.63) is 41.0 Å². The van der Waals surface area contributed by atoms with Crippen LogP contribution in [-0.2, 0) is 26.2 Å². The molecule has 0 aliphatic rings. The molecule has 0 spiro atoms. The summed E-state index contributed by atoms with van der Waals surface area (Å²) in [5.41, 5.74) is 4.33. The summed E-state index contributed by atoms with van der Waals surface area (Å²) in [6.45, 7) is 11.3. The van der Waals surface area contributed by atoms with Crippen LogP contribution in [0.5, 0.6) is 0 Å². The monoisotopic (exact) mass is 408 g/mol. The molecule has 0 radical (unpaired) electrons. The van der Waals surface area contributed by atoms with Gasteiger partial charge in [-0.15, -0.1) is 28.5 Å². The molecule has 0 atom stereocenters. The van der Waals surface area contributed by atoms with Crippen LogP contribution in [0.15, 0.2) is 24.3 Å². The van der Waals surface area contributed by atoms with Crippen molar-refractivity contribution in [2.24, 2.45) is 0 Å². The van der Waals surface area contributed by atoms with Crippen LogP contribution in [0.25, 0.3) is 10.8 Å². The fraction of sp³-hybridized carbons (Fsp3) is 0.438. The van der Waals surface area contributed by atoms with Gasteiger partial charge in [-0.3, -0.25) is 0 Å². The first kappa shape index (κ1) is 25.5. The summed E-state index contributed by atoms with van der Waals surface area (Å²) in [6.07, 6.45) is 0. The molecule has 2 rings (SSSR count). The molecule has 0 unspecified atom stereocenters. The second-order valence-corrected chi connectivity index (χ2v) is 5.46. The SMILES string of the molecule is Cc1cc2c(C(C)C)cc(C(C)C)cc2[cH-]1.[Cl-].[Cl-].[Cl-].[Zr+4]. The summed E-state index contributed by atoms with van der Waals surface area (Å²) in [7, 11) is 0. The smallest absolute Gasteiger partial charge is 1.00 e. The molecule has 0 aliphatic heterocycles. The van der Waals surface area contributed by atoms with Crippen LogP contribution in [0, 0.1) is 6.92 Å². The second-order valence-electron chi connectivity index (χ2n) is 5.46. The van der Waals surface area contributed by atoms with Gasteiger partial charge >= 0.3 is 26.2 Å². The Kier molecular flexibility index (Phi) is 13.2. The molecule has 0 saturated heterocycles. The maximum Gasteiger partial charge on any atom is 4.00 e. The predicted octanol–water partition coefficient (Wildman–Crippen LogP) is -3.88. The van der Waals surface area contributed by atoms with Crippen LogP contribution in [0.1, 0.15) is 56.2 Å². The molecule has 20 heavy (non-hydrogen) atoms. The van der Waals surface area contributed by atoms with E-state index in [9.17, 15) is 0 Å². The van der Waals surface area contributed by atoms with E-state index in [-0.39, 0.29) is 63.4 Å². The molecule has 110 valence electrons. The molecule has 2 aromatic rings. The first-order valence-electron chi connectivity index (χ1n) is 6.20. The van der Waals surface area contributed by atoms with E-state index in [0.717, 1.165) is 0 Å². The molecule has 0 bridgehead atoms. The first-order valence-corrected chi connectivity index (χ1v) is 6.20. The summed E-state index contributed by atoms with van der Waals surface area (Å²) >= 11 is 0. The fourth-order valence-corrected chi connectivity index (χ4v) is 2.33. The summed E-state index contributed by atoms with van der Waals surface area (Å²) < 4.78 is 0. The van der Waals surface area contributed by atoms with Crippen LogP contribution < -0.4 is 37.2 Å². The third-order valence-corrected chi connectivity index (χ3v) is 3.31. The number of rotatable bonds is 2. The number of halogens is 3. The Hall–Kier alpha value is 0.583. The predicted molar refractivity (Wildman–Crippen MR) is 72.5 cm³/mol. The minimum absolute atomic E-state index is 0. The molecule has 2 aromatic carbocycles. The van der Waals surface area contributed by atoms with E-state index in [2.05, 4.69) is 58.9 Å². The summed E-state index contributed by atoms with van der Waals surface area (Å²) in [5, 5.41) is 2.85. The summed E-state index contributed by atoms with van der Waals surface area (Å²) in [5.74, 6) is 1.21. The van der Waals surface area contributed by atoms with Crippen LogP contribution in [-0.4, -0.2) is 0 Å². The quantitative estimate of drug-likeness (QED) is 0.444. The van der Waals surface area contributed by atoms with Gasteiger partial charge in [0.05, 0.1) is 0 Å². The average Bonchev–Trinajstić information content (AvgIpc) is 2.55. The minimum Gasteiger partial charge on any atom is -1.00 e. The molecule has 4 heteroatoms. The third-order valence-electron chi connectivity index (χ3n) is 3.31. The standard InChI is InChI=1S/C16H21.3ClH.Zr/c1-10(2)13-8-14-6-12(5)7-16(14)15(9-13)11(3)4;;;;/h6-11H,1-5H3;3*1H;/q-1;;;;+4/p-3. The Morgan fingerprint density at radius 2 is 1.40 bits per heavy atom. The van der Waals surface area contributed by atoms with Crippen LogP contribution in [0.2, 0.25) is 0 Å². The van der Waals surface area contributed by atoms with Crippen molar-refractivity contribution in [3.8, 4) is 0 Å². The molecule has 0 heterocycles. The zero-order valence-corrected chi connectivity index (χ0v) is 17.3. The molecule has 0 fully saturated rings. The second kappa shape index (κ2) is 10.3. The van der Waals surface area contributed by atoms with Gasteiger partial charge in [-0.25, -0.2) is 0 Å². The number of fused-ring (bicyclic) bond motifs is 1. The Balaban J connectivity index is -0.000000722. The fourth-order valence-electron chi connectivity index (χ4n) is 2.33. The van der Waals surface area contributed by atoms with Gasteiger partial charge in [-0.1, -0.05) is 51.8 Å². The van der Waals surface area contributed by atoms with E-state index in [1.807, 2.05) is 0 Å². The van der Waals surface area contributed by atoms with E-state index in [4.69, 9.17) is 0 Å². The maximum atomic E-state index is 2.39. The molecule has 0 aliphatic carbocycles. The molecule has 0 nitrogen and oxygen atoms in total. The van der Waals surface area contributed by atoms with E-state index in [1.165, 1.54) is 27.5 Å². The largest absolute Gasteiger partial charge is 4.00 e. The topological polar surface area (TPSA) is 0 Å². The van der Waals surface area contributed by atoms with Crippen molar-refractivity contribution in [2.75, 3.05) is 0 Å². The normalized spacial score (nSPS) is 9.55. The van der Waals surface area contributed by atoms with Crippen LogP contribution in [0.3, 0.4) is 0 Å². The maximum absolute atomic E-state index is 2.39. The summed E-state index contributed by atoms with van der Waals surface area (Å²) in [6, 6.07) is 9.35. The van der Waals surface area contributed by atoms with Gasteiger partial charge in [-0.05, 0) is 11.8 Å². The Morgan fingerprint density at radius 1 is 0.850 bits per heavy atom. The number of hydrogen-bond acceptors (Lipinski definition) is 0. The molecule has 0 saturated carbocycles. The van der Waals surface area contributed by atoms with Gasteiger partial charge in [-0.2, -0.15) is 6.07 Å².